The Hall–Kier alpha value is -1.73. The molecule has 0 spiro atoms. The SMILES string of the molecule is CCOCCN(C)c1cc(OC)ccc1C#N. The summed E-state index contributed by atoms with van der Waals surface area (Å²) >= 11 is 0. The summed E-state index contributed by atoms with van der Waals surface area (Å²) in [7, 11) is 3.56. The molecule has 0 unspecified atom stereocenters. The van der Waals surface area contributed by atoms with Gasteiger partial charge in [-0.1, -0.05) is 0 Å². The van der Waals surface area contributed by atoms with Crippen LogP contribution in [0.25, 0.3) is 0 Å². The molecule has 0 heterocycles. The van der Waals surface area contributed by atoms with E-state index in [2.05, 4.69) is 6.07 Å². The molecule has 0 aliphatic rings. The zero-order chi connectivity index (χ0) is 12.7. The molecule has 0 amide bonds. The molecule has 1 rings (SSSR count). The van der Waals surface area contributed by atoms with Crippen molar-refractivity contribution in [3.8, 4) is 11.8 Å². The molecule has 0 atom stereocenters. The van der Waals surface area contributed by atoms with Crippen LogP contribution in [0.4, 0.5) is 5.69 Å². The highest BCUT2D eigenvalue weighted by molar-refractivity contribution is 5.61. The van der Waals surface area contributed by atoms with Crippen molar-refractivity contribution in [2.75, 3.05) is 38.8 Å². The summed E-state index contributed by atoms with van der Waals surface area (Å²) in [5.74, 6) is 0.752. The highest BCUT2D eigenvalue weighted by Gasteiger charge is 2.08. The molecule has 4 heteroatoms. The van der Waals surface area contributed by atoms with Crippen molar-refractivity contribution in [3.63, 3.8) is 0 Å². The van der Waals surface area contributed by atoms with Crippen molar-refractivity contribution >= 4 is 5.69 Å². The normalized spacial score (nSPS) is 9.76. The summed E-state index contributed by atoms with van der Waals surface area (Å²) in [6, 6.07) is 7.61. The first-order valence-corrected chi connectivity index (χ1v) is 5.60. The zero-order valence-electron chi connectivity index (χ0n) is 10.6. The van der Waals surface area contributed by atoms with Crippen LogP contribution in [0.2, 0.25) is 0 Å². The molecule has 0 fully saturated rings. The van der Waals surface area contributed by atoms with Crippen molar-refractivity contribution in [1.82, 2.24) is 0 Å². The first-order valence-electron chi connectivity index (χ1n) is 5.60. The van der Waals surface area contributed by atoms with Crippen LogP contribution in [0.5, 0.6) is 5.75 Å². The average Bonchev–Trinajstić information content (AvgIpc) is 2.38. The molecule has 0 saturated heterocycles. The number of likely N-dealkylation sites (N-methyl/N-ethyl adjacent to an activating group) is 1. The fourth-order valence-corrected chi connectivity index (χ4v) is 1.52. The minimum Gasteiger partial charge on any atom is -0.497 e. The van der Waals surface area contributed by atoms with E-state index in [9.17, 15) is 0 Å². The molecule has 4 nitrogen and oxygen atoms in total. The molecule has 0 radical (unpaired) electrons. The van der Waals surface area contributed by atoms with Gasteiger partial charge in [0.05, 0.1) is 25.0 Å². The van der Waals surface area contributed by atoms with Gasteiger partial charge < -0.3 is 14.4 Å². The van der Waals surface area contributed by atoms with Crippen molar-refractivity contribution in [3.05, 3.63) is 23.8 Å². The maximum Gasteiger partial charge on any atom is 0.121 e. The summed E-state index contributed by atoms with van der Waals surface area (Å²) in [5.41, 5.74) is 1.51. The first kappa shape index (κ1) is 13.3. The number of ether oxygens (including phenoxy) is 2. The Labute approximate surface area is 102 Å². The molecule has 0 N–H and O–H groups in total. The fraction of sp³-hybridized carbons (Fsp3) is 0.462. The van der Waals surface area contributed by atoms with Crippen molar-refractivity contribution in [1.29, 1.82) is 5.26 Å². The molecule has 17 heavy (non-hydrogen) atoms. The molecule has 1 aromatic rings. The predicted molar refractivity (Wildman–Crippen MR) is 67.5 cm³/mol. The molecule has 0 aliphatic carbocycles. The topological polar surface area (TPSA) is 45.5 Å². The Bertz CT molecular complexity index is 399. The highest BCUT2D eigenvalue weighted by atomic mass is 16.5. The van der Waals surface area contributed by atoms with Gasteiger partial charge in [-0.2, -0.15) is 5.26 Å². The van der Waals surface area contributed by atoms with E-state index in [4.69, 9.17) is 14.7 Å². The second kappa shape index (κ2) is 6.77. The minimum absolute atomic E-state index is 0.643. The van der Waals surface area contributed by atoms with E-state index >= 15 is 0 Å². The lowest BCUT2D eigenvalue weighted by Gasteiger charge is -2.20. The number of anilines is 1. The van der Waals surface area contributed by atoms with Gasteiger partial charge in [0.2, 0.25) is 0 Å². The second-order valence-electron chi connectivity index (χ2n) is 3.61. The zero-order valence-corrected chi connectivity index (χ0v) is 10.6. The van der Waals surface area contributed by atoms with E-state index in [1.54, 1.807) is 19.2 Å². The lowest BCUT2D eigenvalue weighted by Crippen LogP contribution is -2.23. The number of benzene rings is 1. The minimum atomic E-state index is 0.643. The number of nitrogens with zero attached hydrogens (tertiary/aromatic N) is 2. The molecule has 92 valence electrons. The number of nitriles is 1. The number of hydrogen-bond donors (Lipinski definition) is 0. The van der Waals surface area contributed by atoms with Crippen molar-refractivity contribution in [2.45, 2.75) is 6.92 Å². The summed E-state index contributed by atoms with van der Waals surface area (Å²) in [6.45, 7) is 4.06. The molecule has 0 aromatic heterocycles. The Kier molecular flexibility index (Phi) is 5.31. The third-order valence-corrected chi connectivity index (χ3v) is 2.51. The number of hydrogen-bond acceptors (Lipinski definition) is 4. The first-order chi connectivity index (χ1) is 8.22. The van der Waals surface area contributed by atoms with Crippen LogP contribution in [0.1, 0.15) is 12.5 Å². The van der Waals surface area contributed by atoms with Crippen LogP contribution in [0, 0.1) is 11.3 Å². The van der Waals surface area contributed by atoms with Crippen LogP contribution >= 0.6 is 0 Å². The Morgan fingerprint density at radius 2 is 2.18 bits per heavy atom. The average molecular weight is 234 g/mol. The van der Waals surface area contributed by atoms with Crippen LogP contribution in [-0.4, -0.2) is 33.9 Å². The number of methoxy groups -OCH3 is 1. The maximum absolute atomic E-state index is 9.05. The third kappa shape index (κ3) is 3.65. The molecular weight excluding hydrogens is 216 g/mol. The lowest BCUT2D eigenvalue weighted by molar-refractivity contribution is 0.154. The molecule has 0 aliphatic heterocycles. The lowest BCUT2D eigenvalue weighted by atomic mass is 10.1. The van der Waals surface area contributed by atoms with Gasteiger partial charge in [0.25, 0.3) is 0 Å². The molecular formula is C13H18N2O2. The van der Waals surface area contributed by atoms with E-state index in [0.717, 1.165) is 18.0 Å². The van der Waals surface area contributed by atoms with Gasteiger partial charge in [0.1, 0.15) is 11.8 Å². The van der Waals surface area contributed by atoms with Crippen LogP contribution < -0.4 is 9.64 Å². The quantitative estimate of drug-likeness (QED) is 0.707. The number of rotatable bonds is 6. The molecule has 1 aromatic carbocycles. The van der Waals surface area contributed by atoms with Gasteiger partial charge in [0, 0.05) is 26.3 Å². The largest absolute Gasteiger partial charge is 0.497 e. The Balaban J connectivity index is 2.82. The van der Waals surface area contributed by atoms with Gasteiger partial charge >= 0.3 is 0 Å². The van der Waals surface area contributed by atoms with Gasteiger partial charge in [-0.15, -0.1) is 0 Å². The summed E-state index contributed by atoms with van der Waals surface area (Å²) in [4.78, 5) is 2.00. The van der Waals surface area contributed by atoms with E-state index in [-0.39, 0.29) is 0 Å². The standard InChI is InChI=1S/C13H18N2O2/c1-4-17-8-7-15(2)13-9-12(16-3)6-5-11(13)10-14/h5-6,9H,4,7-8H2,1-3H3. The van der Waals surface area contributed by atoms with Crippen LogP contribution in [0.15, 0.2) is 18.2 Å². The molecule has 0 saturated carbocycles. The van der Waals surface area contributed by atoms with Gasteiger partial charge in [0.15, 0.2) is 0 Å². The predicted octanol–water partition coefficient (Wildman–Crippen LogP) is 2.04. The Morgan fingerprint density at radius 3 is 2.76 bits per heavy atom. The van der Waals surface area contributed by atoms with Gasteiger partial charge in [-0.3, -0.25) is 0 Å². The van der Waals surface area contributed by atoms with Gasteiger partial charge in [-0.05, 0) is 19.1 Å². The monoisotopic (exact) mass is 234 g/mol. The summed E-state index contributed by atoms with van der Waals surface area (Å²) < 4.78 is 10.5. The van der Waals surface area contributed by atoms with Gasteiger partial charge in [-0.25, -0.2) is 0 Å². The Morgan fingerprint density at radius 1 is 1.41 bits per heavy atom. The highest BCUT2D eigenvalue weighted by Crippen LogP contribution is 2.24. The van der Waals surface area contributed by atoms with Crippen molar-refractivity contribution < 1.29 is 9.47 Å². The van der Waals surface area contributed by atoms with E-state index < -0.39 is 0 Å². The smallest absolute Gasteiger partial charge is 0.121 e. The van der Waals surface area contributed by atoms with E-state index in [1.165, 1.54) is 0 Å². The van der Waals surface area contributed by atoms with Crippen LogP contribution in [0.3, 0.4) is 0 Å². The van der Waals surface area contributed by atoms with Crippen molar-refractivity contribution in [2.24, 2.45) is 0 Å². The summed E-state index contributed by atoms with van der Waals surface area (Å²) in [5, 5.41) is 9.05. The van der Waals surface area contributed by atoms with E-state index in [1.807, 2.05) is 24.9 Å². The van der Waals surface area contributed by atoms with Crippen LogP contribution in [-0.2, 0) is 4.74 Å². The summed E-state index contributed by atoms with van der Waals surface area (Å²) in [6.07, 6.45) is 0. The third-order valence-electron chi connectivity index (χ3n) is 2.51. The maximum atomic E-state index is 9.05. The van der Waals surface area contributed by atoms with E-state index in [0.29, 0.717) is 18.8 Å². The second-order valence-corrected chi connectivity index (χ2v) is 3.61. The molecule has 0 bridgehead atoms. The fourth-order valence-electron chi connectivity index (χ4n) is 1.52.